The van der Waals surface area contributed by atoms with Gasteiger partial charge in [-0.25, -0.2) is 4.67 Å². The van der Waals surface area contributed by atoms with Gasteiger partial charge in [0.15, 0.2) is 0 Å². The lowest BCUT2D eigenvalue weighted by atomic mass is 10.2. The minimum absolute atomic E-state index is 0.323. The molecule has 1 aromatic rings. The van der Waals surface area contributed by atoms with Crippen LogP contribution in [0.1, 0.15) is 5.56 Å². The quantitative estimate of drug-likeness (QED) is 0.326. The summed E-state index contributed by atoms with van der Waals surface area (Å²) in [5, 5.41) is 5.11. The molecule has 8 heteroatoms. The molecule has 0 radical (unpaired) electrons. The maximum atomic E-state index is 12.9. The molecule has 0 fully saturated rings. The van der Waals surface area contributed by atoms with Gasteiger partial charge in [-0.15, -0.1) is 28.0 Å². The van der Waals surface area contributed by atoms with Crippen LogP contribution in [0.5, 0.6) is 0 Å². The first kappa shape index (κ1) is 17.6. The Balaban J connectivity index is 3.03. The minimum atomic E-state index is -3.28. The molecule has 0 aliphatic rings. The lowest BCUT2D eigenvalue weighted by Crippen LogP contribution is -2.27. The fourth-order valence-corrected chi connectivity index (χ4v) is 4.22. The maximum absolute atomic E-state index is 12.9. The molecule has 110 valence electrons. The standard InChI is InChI=1S/C12H16Cl2N3OPS/c1-11-2-4-12(5-3-11)16-19(18,15-10-20)17(8-6-13)9-7-14/h2-5H,6-9H2,1H3,(H,16,18). The number of nitrogens with one attached hydrogen (secondary N) is 1. The first-order chi connectivity index (χ1) is 9.55. The van der Waals surface area contributed by atoms with Crippen LogP contribution in [0.2, 0.25) is 0 Å². The highest BCUT2D eigenvalue weighted by molar-refractivity contribution is 7.78. The van der Waals surface area contributed by atoms with Crippen LogP contribution in [0.3, 0.4) is 0 Å². The van der Waals surface area contributed by atoms with Crippen LogP contribution in [0.4, 0.5) is 5.69 Å². The lowest BCUT2D eigenvalue weighted by Gasteiger charge is -2.27. The Morgan fingerprint density at radius 2 is 1.85 bits per heavy atom. The first-order valence-corrected chi connectivity index (χ1v) is 9.06. The predicted molar refractivity (Wildman–Crippen MR) is 90.4 cm³/mol. The highest BCUT2D eigenvalue weighted by atomic mass is 35.5. The average Bonchev–Trinajstić information content (AvgIpc) is 2.41. The third kappa shape index (κ3) is 5.17. The second kappa shape index (κ2) is 8.78. The Labute approximate surface area is 134 Å². The molecular formula is C12H16Cl2N3OPS. The fraction of sp³-hybridized carbons (Fsp3) is 0.417. The van der Waals surface area contributed by atoms with Gasteiger partial charge in [0, 0.05) is 30.5 Å². The van der Waals surface area contributed by atoms with Gasteiger partial charge in [0.1, 0.15) is 0 Å². The van der Waals surface area contributed by atoms with Crippen LogP contribution < -0.4 is 5.09 Å². The molecule has 0 bridgehead atoms. The van der Waals surface area contributed by atoms with Crippen LogP contribution >= 0.6 is 43.0 Å². The van der Waals surface area contributed by atoms with E-state index in [0.717, 1.165) is 5.56 Å². The molecule has 0 aliphatic heterocycles. The smallest absolute Gasteiger partial charge is 0.306 e. The summed E-state index contributed by atoms with van der Waals surface area (Å²) in [7, 11) is -3.28. The number of thiocarbonyl (C=S) groups is 1. The molecule has 1 N–H and O–H groups in total. The summed E-state index contributed by atoms with van der Waals surface area (Å²) in [6.45, 7) is 2.77. The monoisotopic (exact) mass is 351 g/mol. The number of hydrogen-bond acceptors (Lipinski definition) is 2. The van der Waals surface area contributed by atoms with E-state index in [4.69, 9.17) is 23.2 Å². The molecular weight excluding hydrogens is 336 g/mol. The second-order valence-electron chi connectivity index (χ2n) is 4.04. The van der Waals surface area contributed by atoms with E-state index in [-0.39, 0.29) is 0 Å². The number of rotatable bonds is 8. The molecule has 0 spiro atoms. The molecule has 1 aromatic carbocycles. The number of benzene rings is 1. The van der Waals surface area contributed by atoms with Crippen molar-refractivity contribution in [2.45, 2.75) is 6.92 Å². The van der Waals surface area contributed by atoms with Crippen molar-refractivity contribution in [3.05, 3.63) is 29.8 Å². The van der Waals surface area contributed by atoms with Crippen LogP contribution in [-0.4, -0.2) is 34.7 Å². The normalized spacial score (nSPS) is 13.6. The number of nitrogens with zero attached hydrogens (tertiary/aromatic N) is 2. The van der Waals surface area contributed by atoms with Crippen LogP contribution in [0.15, 0.2) is 29.0 Å². The highest BCUT2D eigenvalue weighted by Crippen LogP contribution is 2.50. The summed E-state index contributed by atoms with van der Waals surface area (Å²) in [4.78, 5) is 0. The molecule has 1 rings (SSSR count). The summed E-state index contributed by atoms with van der Waals surface area (Å²) < 4.78 is 18.4. The van der Waals surface area contributed by atoms with Gasteiger partial charge >= 0.3 is 7.59 Å². The van der Waals surface area contributed by atoms with Gasteiger partial charge in [-0.05, 0) is 31.3 Å². The SMILES string of the molecule is Cc1ccc(NP(=O)(N=C=S)N(CCCl)CCCl)cc1. The van der Waals surface area contributed by atoms with Crippen LogP contribution in [0, 0.1) is 6.92 Å². The Hall–Kier alpha value is -0.410. The van der Waals surface area contributed by atoms with E-state index in [1.54, 1.807) is 4.67 Å². The van der Waals surface area contributed by atoms with Gasteiger partial charge in [0.05, 0.1) is 5.16 Å². The summed E-state index contributed by atoms with van der Waals surface area (Å²) in [6, 6.07) is 7.50. The van der Waals surface area contributed by atoms with Crippen LogP contribution in [0.25, 0.3) is 0 Å². The summed E-state index contributed by atoms with van der Waals surface area (Å²) in [5.74, 6) is 0.646. The van der Waals surface area contributed by atoms with E-state index in [0.29, 0.717) is 30.5 Å². The van der Waals surface area contributed by atoms with Crippen molar-refractivity contribution < 1.29 is 4.57 Å². The van der Waals surface area contributed by atoms with Crippen molar-refractivity contribution in [2.24, 2.45) is 4.76 Å². The second-order valence-corrected chi connectivity index (χ2v) is 7.06. The lowest BCUT2D eigenvalue weighted by molar-refractivity contribution is 0.451. The van der Waals surface area contributed by atoms with Gasteiger partial charge in [-0.1, -0.05) is 17.7 Å². The zero-order valence-electron chi connectivity index (χ0n) is 11.1. The molecule has 0 heterocycles. The van der Waals surface area contributed by atoms with E-state index in [9.17, 15) is 4.57 Å². The Morgan fingerprint density at radius 1 is 1.30 bits per heavy atom. The van der Waals surface area contributed by atoms with Crippen molar-refractivity contribution in [2.75, 3.05) is 29.9 Å². The van der Waals surface area contributed by atoms with Crippen molar-refractivity contribution in [1.82, 2.24) is 4.67 Å². The molecule has 20 heavy (non-hydrogen) atoms. The van der Waals surface area contributed by atoms with Gasteiger partial charge in [0.25, 0.3) is 0 Å². The largest absolute Gasteiger partial charge is 0.360 e. The molecule has 0 aromatic heterocycles. The molecule has 0 aliphatic carbocycles. The summed E-state index contributed by atoms with van der Waals surface area (Å²) >= 11 is 16.1. The number of hydrogen-bond donors (Lipinski definition) is 1. The highest BCUT2D eigenvalue weighted by Gasteiger charge is 2.29. The fourth-order valence-electron chi connectivity index (χ4n) is 1.59. The molecule has 1 unspecified atom stereocenters. The third-order valence-electron chi connectivity index (χ3n) is 2.57. The van der Waals surface area contributed by atoms with Crippen molar-refractivity contribution >= 4 is 53.9 Å². The third-order valence-corrected chi connectivity index (χ3v) is 5.22. The molecule has 0 saturated heterocycles. The number of aryl methyl sites for hydroxylation is 1. The molecule has 1 atom stereocenters. The van der Waals surface area contributed by atoms with E-state index in [1.165, 1.54) is 0 Å². The number of isothiocyanates is 1. The molecule has 0 amide bonds. The summed E-state index contributed by atoms with van der Waals surface area (Å²) in [5.41, 5.74) is 1.81. The van der Waals surface area contributed by atoms with Crippen molar-refractivity contribution in [1.29, 1.82) is 0 Å². The van der Waals surface area contributed by atoms with Crippen molar-refractivity contribution in [3.63, 3.8) is 0 Å². The van der Waals surface area contributed by atoms with E-state index in [1.807, 2.05) is 31.2 Å². The van der Waals surface area contributed by atoms with E-state index >= 15 is 0 Å². The number of anilines is 1. The van der Waals surface area contributed by atoms with Gasteiger partial charge in [-0.2, -0.15) is 0 Å². The molecule has 0 saturated carbocycles. The Kier molecular flexibility index (Phi) is 7.75. The van der Waals surface area contributed by atoms with E-state index in [2.05, 4.69) is 27.2 Å². The molecule has 4 nitrogen and oxygen atoms in total. The van der Waals surface area contributed by atoms with Crippen molar-refractivity contribution in [3.8, 4) is 0 Å². The zero-order valence-corrected chi connectivity index (χ0v) is 14.3. The van der Waals surface area contributed by atoms with Gasteiger partial charge in [0.2, 0.25) is 0 Å². The maximum Gasteiger partial charge on any atom is 0.360 e. The summed E-state index contributed by atoms with van der Waals surface area (Å²) in [6.07, 6.45) is 0. The van der Waals surface area contributed by atoms with Gasteiger partial charge in [-0.3, -0.25) is 4.57 Å². The Morgan fingerprint density at radius 3 is 2.30 bits per heavy atom. The zero-order chi connectivity index (χ0) is 15.0. The average molecular weight is 352 g/mol. The minimum Gasteiger partial charge on any atom is -0.306 e. The Bertz CT molecular complexity index is 514. The van der Waals surface area contributed by atoms with Crippen LogP contribution in [-0.2, 0) is 4.57 Å². The number of halogens is 2. The predicted octanol–water partition coefficient (Wildman–Crippen LogP) is 4.40. The van der Waals surface area contributed by atoms with E-state index < -0.39 is 7.59 Å². The van der Waals surface area contributed by atoms with Gasteiger partial charge < -0.3 is 5.09 Å². The number of alkyl halides is 2. The first-order valence-electron chi connectivity index (χ1n) is 5.97. The topological polar surface area (TPSA) is 44.7 Å².